The summed E-state index contributed by atoms with van der Waals surface area (Å²) in [5.74, 6) is 0. The van der Waals surface area contributed by atoms with Crippen molar-refractivity contribution in [2.75, 3.05) is 10.8 Å². The third-order valence-corrected chi connectivity index (χ3v) is 3.36. The summed E-state index contributed by atoms with van der Waals surface area (Å²) in [5, 5.41) is 14.0. The van der Waals surface area contributed by atoms with E-state index in [9.17, 15) is 5.21 Å². The van der Waals surface area contributed by atoms with Crippen LogP contribution in [0.1, 0.15) is 5.56 Å². The van der Waals surface area contributed by atoms with E-state index in [-0.39, 0.29) is 0 Å². The Bertz CT molecular complexity index is 529. The Labute approximate surface area is 109 Å². The quantitative estimate of drug-likeness (QED) is 0.824. The van der Waals surface area contributed by atoms with Gasteiger partial charge >= 0.3 is 0 Å². The van der Waals surface area contributed by atoms with Crippen molar-refractivity contribution in [3.63, 3.8) is 0 Å². The van der Waals surface area contributed by atoms with Crippen molar-refractivity contribution >= 4 is 33.0 Å². The highest BCUT2D eigenvalue weighted by Gasteiger charge is 2.00. The molecule has 2 aromatic carbocycles. The maximum Gasteiger partial charge on any atom is 0.0612 e. The van der Waals surface area contributed by atoms with Gasteiger partial charge in [0.1, 0.15) is 0 Å². The molecule has 0 atom stereocenters. The number of rotatable bonds is 3. The highest BCUT2D eigenvalue weighted by atomic mass is 79.9. The number of halogens is 1. The number of hydrogen-bond donors (Lipinski definition) is 2. The van der Waals surface area contributed by atoms with Gasteiger partial charge in [0.05, 0.1) is 5.69 Å². The second-order valence-corrected chi connectivity index (χ2v) is 4.59. The van der Waals surface area contributed by atoms with Crippen LogP contribution in [0.4, 0.5) is 17.1 Å². The first-order chi connectivity index (χ1) is 8.20. The Morgan fingerprint density at radius 2 is 1.76 bits per heavy atom. The van der Waals surface area contributed by atoms with Crippen LogP contribution in [0.5, 0.6) is 0 Å². The summed E-state index contributed by atoms with van der Waals surface area (Å²) in [6.07, 6.45) is 0. The Hall–Kier alpha value is -1.52. The van der Waals surface area contributed by atoms with Crippen molar-refractivity contribution in [2.24, 2.45) is 0 Å². The molecule has 0 fully saturated rings. The van der Waals surface area contributed by atoms with Crippen molar-refractivity contribution < 1.29 is 0 Å². The van der Waals surface area contributed by atoms with Gasteiger partial charge in [-0.2, -0.15) is 0 Å². The molecule has 0 saturated carbocycles. The minimum atomic E-state index is 0.535. The van der Waals surface area contributed by atoms with Crippen molar-refractivity contribution in [2.45, 2.75) is 6.92 Å². The van der Waals surface area contributed by atoms with Crippen LogP contribution in [0.2, 0.25) is 0 Å². The van der Waals surface area contributed by atoms with Crippen molar-refractivity contribution in [3.05, 3.63) is 57.7 Å². The Morgan fingerprint density at radius 1 is 1.06 bits per heavy atom. The molecule has 88 valence electrons. The smallest absolute Gasteiger partial charge is 0.0612 e. The zero-order valence-corrected chi connectivity index (χ0v) is 10.9. The van der Waals surface area contributed by atoms with E-state index in [4.69, 9.17) is 0 Å². The van der Waals surface area contributed by atoms with Crippen LogP contribution in [0.15, 0.2) is 46.9 Å². The first-order valence-corrected chi connectivity index (χ1v) is 6.00. The molecule has 0 bridgehead atoms. The van der Waals surface area contributed by atoms with Gasteiger partial charge in [-0.25, -0.2) is 0 Å². The fraction of sp³-hybridized carbons (Fsp3) is 0.0769. The van der Waals surface area contributed by atoms with E-state index in [0.29, 0.717) is 5.69 Å². The predicted molar refractivity (Wildman–Crippen MR) is 75.6 cm³/mol. The molecule has 0 spiro atoms. The molecule has 0 aliphatic rings. The molecule has 0 aliphatic heterocycles. The third-order valence-electron chi connectivity index (χ3n) is 2.47. The van der Waals surface area contributed by atoms with Crippen molar-refractivity contribution in [3.8, 4) is 0 Å². The first kappa shape index (κ1) is 12.0. The van der Waals surface area contributed by atoms with Gasteiger partial charge in [-0.1, -0.05) is 28.1 Å². The normalized spacial score (nSPS) is 10.1. The van der Waals surface area contributed by atoms with E-state index in [0.717, 1.165) is 21.4 Å². The van der Waals surface area contributed by atoms with Gasteiger partial charge in [-0.3, -0.25) is 0 Å². The van der Waals surface area contributed by atoms with Crippen LogP contribution in [0.3, 0.4) is 0 Å². The van der Waals surface area contributed by atoms with E-state index in [2.05, 4.69) is 21.2 Å². The van der Waals surface area contributed by atoms with Crippen LogP contribution in [-0.2, 0) is 0 Å². The maximum absolute atomic E-state index is 10.8. The Morgan fingerprint density at radius 3 is 2.41 bits per heavy atom. The zero-order chi connectivity index (χ0) is 12.3. The number of anilines is 3. The molecule has 3 nitrogen and oxygen atoms in total. The van der Waals surface area contributed by atoms with Gasteiger partial charge in [-0.15, -0.1) is 0 Å². The van der Waals surface area contributed by atoms with Crippen LogP contribution in [0, 0.1) is 12.1 Å². The van der Waals surface area contributed by atoms with Crippen molar-refractivity contribution in [1.82, 2.24) is 0 Å². The second kappa shape index (κ2) is 5.21. The third kappa shape index (κ3) is 2.78. The van der Waals surface area contributed by atoms with Gasteiger partial charge in [0.2, 0.25) is 0 Å². The number of nitrogens with one attached hydrogen (secondary N) is 2. The van der Waals surface area contributed by atoms with E-state index < -0.39 is 0 Å². The number of hydrogen-bond acceptors (Lipinski definition) is 3. The molecule has 2 aromatic rings. The molecular formula is C13H12BrN2O-. The predicted octanol–water partition coefficient (Wildman–Crippen LogP) is 4.41. The summed E-state index contributed by atoms with van der Waals surface area (Å²) < 4.78 is 1.07. The summed E-state index contributed by atoms with van der Waals surface area (Å²) in [5.41, 5.74) is 5.32. The van der Waals surface area contributed by atoms with Crippen LogP contribution < -0.4 is 10.8 Å². The van der Waals surface area contributed by atoms with Crippen LogP contribution in [-0.4, -0.2) is 0 Å². The highest BCUT2D eigenvalue weighted by molar-refractivity contribution is 9.10. The topological polar surface area (TPSA) is 47.1 Å². The summed E-state index contributed by atoms with van der Waals surface area (Å²) in [6, 6.07) is 13.3. The van der Waals surface area contributed by atoms with E-state index in [1.54, 1.807) is 6.07 Å². The molecule has 0 saturated heterocycles. The molecule has 0 radical (unpaired) electrons. The zero-order valence-electron chi connectivity index (χ0n) is 9.33. The fourth-order valence-electron chi connectivity index (χ4n) is 1.56. The van der Waals surface area contributed by atoms with Gasteiger partial charge in [-0.05, 0) is 42.8 Å². The SMILES string of the molecule is Cc1cc(Nc2ccccc2N[O-])ccc1Br. The Balaban J connectivity index is 2.28. The minimum absolute atomic E-state index is 0.535. The fourth-order valence-corrected chi connectivity index (χ4v) is 1.81. The average Bonchev–Trinajstić information content (AvgIpc) is 2.34. The molecule has 0 unspecified atom stereocenters. The Kier molecular flexibility index (Phi) is 3.66. The molecule has 17 heavy (non-hydrogen) atoms. The summed E-state index contributed by atoms with van der Waals surface area (Å²) >= 11 is 3.45. The van der Waals surface area contributed by atoms with Gasteiger partial charge in [0.25, 0.3) is 0 Å². The lowest BCUT2D eigenvalue weighted by molar-refractivity contribution is 1.41. The molecule has 0 heterocycles. The lowest BCUT2D eigenvalue weighted by atomic mass is 10.2. The lowest BCUT2D eigenvalue weighted by Crippen LogP contribution is -1.95. The standard InChI is InChI=1S/C13H12BrN2O/c1-9-8-10(6-7-11(9)14)15-12-4-2-3-5-13(12)16-17/h2-8,15-16H,1H3/q-1. The van der Waals surface area contributed by atoms with Crippen LogP contribution in [0.25, 0.3) is 0 Å². The van der Waals surface area contributed by atoms with E-state index in [1.165, 1.54) is 0 Å². The first-order valence-electron chi connectivity index (χ1n) is 5.21. The summed E-state index contributed by atoms with van der Waals surface area (Å²) in [7, 11) is 0. The molecule has 0 aliphatic carbocycles. The lowest BCUT2D eigenvalue weighted by Gasteiger charge is -2.16. The summed E-state index contributed by atoms with van der Waals surface area (Å²) in [4.78, 5) is 0. The number of aryl methyl sites for hydroxylation is 1. The average molecular weight is 292 g/mol. The monoisotopic (exact) mass is 291 g/mol. The molecule has 2 rings (SSSR count). The van der Waals surface area contributed by atoms with E-state index in [1.807, 2.05) is 48.8 Å². The molecule has 0 amide bonds. The highest BCUT2D eigenvalue weighted by Crippen LogP contribution is 2.27. The number of para-hydroxylation sites is 2. The molecule has 4 heteroatoms. The van der Waals surface area contributed by atoms with Crippen LogP contribution >= 0.6 is 15.9 Å². The second-order valence-electron chi connectivity index (χ2n) is 3.74. The molecule has 2 N–H and O–H groups in total. The maximum atomic E-state index is 10.8. The van der Waals surface area contributed by atoms with Crippen molar-refractivity contribution in [1.29, 1.82) is 0 Å². The summed E-state index contributed by atoms with van der Waals surface area (Å²) in [6.45, 7) is 2.02. The van der Waals surface area contributed by atoms with Gasteiger partial charge in [0, 0.05) is 15.8 Å². The van der Waals surface area contributed by atoms with Gasteiger partial charge in [0.15, 0.2) is 0 Å². The minimum Gasteiger partial charge on any atom is -0.761 e. The molecular weight excluding hydrogens is 280 g/mol. The largest absolute Gasteiger partial charge is 0.761 e. The van der Waals surface area contributed by atoms with E-state index >= 15 is 0 Å². The number of benzene rings is 2. The van der Waals surface area contributed by atoms with Gasteiger partial charge < -0.3 is 16.0 Å². The molecule has 0 aromatic heterocycles.